The number of hydrogen-bond donors (Lipinski definition) is 2. The second-order valence-corrected chi connectivity index (χ2v) is 16.2. The quantitative estimate of drug-likeness (QED) is 0.344. The highest BCUT2D eigenvalue weighted by atomic mass is 32.2. The number of anilines is 1. The van der Waals surface area contributed by atoms with Crippen molar-refractivity contribution in [2.75, 3.05) is 11.3 Å². The smallest absolute Gasteiger partial charge is 0.264 e. The van der Waals surface area contributed by atoms with Gasteiger partial charge in [0.2, 0.25) is 11.8 Å². The Morgan fingerprint density at radius 2 is 1.67 bits per heavy atom. The van der Waals surface area contributed by atoms with Crippen LogP contribution in [0.5, 0.6) is 5.88 Å². The van der Waals surface area contributed by atoms with Crippen LogP contribution in [0.4, 0.5) is 5.95 Å². The van der Waals surface area contributed by atoms with Crippen molar-refractivity contribution in [3.63, 3.8) is 0 Å². The summed E-state index contributed by atoms with van der Waals surface area (Å²) < 4.78 is 36.9. The van der Waals surface area contributed by atoms with E-state index >= 15 is 0 Å². The van der Waals surface area contributed by atoms with E-state index in [1.54, 1.807) is 6.07 Å². The van der Waals surface area contributed by atoms with Crippen LogP contribution < -0.4 is 15.2 Å². The summed E-state index contributed by atoms with van der Waals surface area (Å²) in [5.74, 6) is 1.24. The Labute approximate surface area is 250 Å². The predicted octanol–water partition coefficient (Wildman–Crippen LogP) is 6.92. The minimum atomic E-state index is -3.94. The van der Waals surface area contributed by atoms with Gasteiger partial charge in [-0.1, -0.05) is 51.1 Å². The number of nitrogens with one attached hydrogen (secondary N) is 1. The average molecular weight is 589 g/mol. The van der Waals surface area contributed by atoms with E-state index in [0.717, 1.165) is 59.9 Å². The third-order valence-corrected chi connectivity index (χ3v) is 11.0. The van der Waals surface area contributed by atoms with Crippen LogP contribution in [0.25, 0.3) is 11.3 Å². The molecular formula is C34H44N4O3S. The summed E-state index contributed by atoms with van der Waals surface area (Å²) in [6.07, 6.45) is 5.40. The van der Waals surface area contributed by atoms with Crippen molar-refractivity contribution in [3.05, 3.63) is 64.7 Å². The SMILES string of the molecule is Cc1cccc(C)c1-c1nc2nc(c1C)OC[C@@H](CC(C)(C)C)C(C1CC3(CC(N)C3)C1)c1cccc(c1)S(=O)(=O)N2. The molecule has 0 saturated heterocycles. The van der Waals surface area contributed by atoms with Gasteiger partial charge in [0.25, 0.3) is 10.0 Å². The largest absolute Gasteiger partial charge is 0.477 e. The van der Waals surface area contributed by atoms with E-state index in [2.05, 4.69) is 36.5 Å². The molecule has 0 amide bonds. The van der Waals surface area contributed by atoms with Crippen molar-refractivity contribution < 1.29 is 13.2 Å². The topological polar surface area (TPSA) is 107 Å². The molecule has 2 saturated carbocycles. The number of fused-ring (bicyclic) bond motifs is 4. The lowest BCUT2D eigenvalue weighted by Crippen LogP contribution is -2.55. The van der Waals surface area contributed by atoms with Gasteiger partial charge in [-0.2, -0.15) is 4.98 Å². The lowest BCUT2D eigenvalue weighted by atomic mass is 9.46. The van der Waals surface area contributed by atoms with E-state index < -0.39 is 10.0 Å². The highest BCUT2D eigenvalue weighted by molar-refractivity contribution is 7.92. The molecule has 1 spiro atoms. The van der Waals surface area contributed by atoms with Gasteiger partial charge < -0.3 is 10.5 Å². The number of aryl methyl sites for hydroxylation is 2. The summed E-state index contributed by atoms with van der Waals surface area (Å²) >= 11 is 0. The Morgan fingerprint density at radius 3 is 2.31 bits per heavy atom. The standard InChI is InChI=1S/C34H44N4O3S/c1-20-9-7-10-21(2)28(20)30-22(3)31-37-32(36-30)38-42(39,40)27-12-8-11-23(13-27)29(25(19-41-31)14-33(4,5)6)24-15-34(16-24)17-26(35)18-34/h7-13,24-26,29H,14-19,35H2,1-6H3,(H,36,37,38)/t24?,25-,26?,29?,34?/m1/s1. The summed E-state index contributed by atoms with van der Waals surface area (Å²) in [6.45, 7) is 13.4. The number of ether oxygens (including phenoxy) is 1. The van der Waals surface area contributed by atoms with Crippen LogP contribution >= 0.6 is 0 Å². The van der Waals surface area contributed by atoms with Crippen molar-refractivity contribution in [3.8, 4) is 17.1 Å². The molecule has 0 radical (unpaired) electrons. The molecule has 224 valence electrons. The molecule has 1 aliphatic heterocycles. The minimum absolute atomic E-state index is 0.0189. The normalized spacial score (nSPS) is 28.4. The molecule has 4 bridgehead atoms. The van der Waals surface area contributed by atoms with Crippen LogP contribution in [0.15, 0.2) is 47.4 Å². The van der Waals surface area contributed by atoms with Crippen LogP contribution in [0.2, 0.25) is 0 Å². The molecule has 2 atom stereocenters. The fourth-order valence-corrected chi connectivity index (χ4v) is 9.06. The van der Waals surface area contributed by atoms with Gasteiger partial charge in [0.15, 0.2) is 0 Å². The van der Waals surface area contributed by atoms with Crippen LogP contribution in [0.3, 0.4) is 0 Å². The maximum absolute atomic E-state index is 13.8. The first-order valence-electron chi connectivity index (χ1n) is 15.2. The van der Waals surface area contributed by atoms with Gasteiger partial charge in [-0.05, 0) is 104 Å². The van der Waals surface area contributed by atoms with Gasteiger partial charge in [-0.25, -0.2) is 18.1 Å². The number of hydrogen-bond acceptors (Lipinski definition) is 6. The lowest BCUT2D eigenvalue weighted by Gasteiger charge is -2.59. The van der Waals surface area contributed by atoms with E-state index in [1.807, 2.05) is 51.1 Å². The van der Waals surface area contributed by atoms with Crippen molar-refractivity contribution in [1.82, 2.24) is 9.97 Å². The molecule has 1 unspecified atom stereocenters. The van der Waals surface area contributed by atoms with E-state index in [9.17, 15) is 8.42 Å². The summed E-state index contributed by atoms with van der Waals surface area (Å²) in [5, 5.41) is 0. The fraction of sp³-hybridized carbons (Fsp3) is 0.529. The number of aromatic nitrogens is 2. The van der Waals surface area contributed by atoms with Gasteiger partial charge >= 0.3 is 0 Å². The Kier molecular flexibility index (Phi) is 7.17. The van der Waals surface area contributed by atoms with Crippen LogP contribution in [-0.2, 0) is 10.0 Å². The Balaban J connectivity index is 1.48. The summed E-state index contributed by atoms with van der Waals surface area (Å²) in [5.41, 5.74) is 12.3. The lowest BCUT2D eigenvalue weighted by molar-refractivity contribution is -0.0620. The van der Waals surface area contributed by atoms with Crippen LogP contribution in [0, 0.1) is 43.4 Å². The number of nitrogens with two attached hydrogens (primary N) is 1. The fourth-order valence-electron chi connectivity index (χ4n) is 8.07. The first kappa shape index (κ1) is 29.1. The summed E-state index contributed by atoms with van der Waals surface area (Å²) in [7, 11) is -3.94. The van der Waals surface area contributed by atoms with Gasteiger partial charge in [-0.3, -0.25) is 0 Å². The number of benzene rings is 2. The van der Waals surface area contributed by atoms with Crippen LogP contribution in [-0.4, -0.2) is 31.0 Å². The molecule has 8 heteroatoms. The summed E-state index contributed by atoms with van der Waals surface area (Å²) in [4.78, 5) is 9.62. The van der Waals surface area contributed by atoms with E-state index in [0.29, 0.717) is 35.6 Å². The number of rotatable bonds is 3. The molecule has 3 aromatic rings. The number of nitrogens with zero attached hydrogens (tertiary/aromatic N) is 2. The Hall–Kier alpha value is -2.97. The molecular weight excluding hydrogens is 544 g/mol. The first-order chi connectivity index (χ1) is 19.7. The monoisotopic (exact) mass is 588 g/mol. The Bertz CT molecular complexity index is 1590. The first-order valence-corrected chi connectivity index (χ1v) is 16.7. The molecule has 6 rings (SSSR count). The highest BCUT2D eigenvalue weighted by Crippen LogP contribution is 2.63. The van der Waals surface area contributed by atoms with Crippen molar-refractivity contribution >= 4 is 16.0 Å². The van der Waals surface area contributed by atoms with Gasteiger partial charge in [0.1, 0.15) is 0 Å². The Morgan fingerprint density at radius 1 is 1.00 bits per heavy atom. The molecule has 2 aromatic carbocycles. The number of sulfonamides is 1. The zero-order chi connectivity index (χ0) is 30.0. The highest BCUT2D eigenvalue weighted by Gasteiger charge is 2.54. The third-order valence-electron chi connectivity index (χ3n) is 9.70. The van der Waals surface area contributed by atoms with Gasteiger partial charge in [-0.15, -0.1) is 0 Å². The van der Waals surface area contributed by atoms with Crippen molar-refractivity contribution in [2.45, 2.75) is 90.5 Å². The van der Waals surface area contributed by atoms with E-state index in [4.69, 9.17) is 15.5 Å². The third kappa shape index (κ3) is 5.44. The van der Waals surface area contributed by atoms with Gasteiger partial charge in [0.05, 0.1) is 17.2 Å². The molecule has 2 aliphatic carbocycles. The van der Waals surface area contributed by atoms with Gasteiger partial charge in [0, 0.05) is 23.1 Å². The second kappa shape index (κ2) is 10.3. The molecule has 3 N–H and O–H groups in total. The maximum Gasteiger partial charge on any atom is 0.264 e. The van der Waals surface area contributed by atoms with Crippen LogP contribution in [0.1, 0.15) is 81.0 Å². The average Bonchev–Trinajstić information content (AvgIpc) is 2.85. The van der Waals surface area contributed by atoms with E-state index in [-0.39, 0.29) is 28.1 Å². The van der Waals surface area contributed by atoms with E-state index in [1.165, 1.54) is 0 Å². The molecule has 1 aromatic heterocycles. The second-order valence-electron chi connectivity index (χ2n) is 14.5. The molecule has 2 heterocycles. The molecule has 42 heavy (non-hydrogen) atoms. The molecule has 7 nitrogen and oxygen atoms in total. The zero-order valence-electron chi connectivity index (χ0n) is 25.7. The predicted molar refractivity (Wildman–Crippen MR) is 167 cm³/mol. The minimum Gasteiger partial charge on any atom is -0.477 e. The van der Waals surface area contributed by atoms with Crippen molar-refractivity contribution in [1.29, 1.82) is 0 Å². The molecule has 2 fully saturated rings. The maximum atomic E-state index is 13.8. The zero-order valence-corrected chi connectivity index (χ0v) is 26.5. The molecule has 3 aliphatic rings. The summed E-state index contributed by atoms with van der Waals surface area (Å²) in [6, 6.07) is 13.9. The van der Waals surface area contributed by atoms with Crippen molar-refractivity contribution in [2.24, 2.45) is 28.4 Å².